The first-order valence-corrected chi connectivity index (χ1v) is 9.58. The molecule has 1 aliphatic heterocycles. The van der Waals surface area contributed by atoms with Gasteiger partial charge in [-0.3, -0.25) is 4.31 Å². The van der Waals surface area contributed by atoms with Crippen LogP contribution in [0.3, 0.4) is 0 Å². The van der Waals surface area contributed by atoms with Gasteiger partial charge in [-0.05, 0) is 58.6 Å². The number of sulfonamides is 1. The highest BCUT2D eigenvalue weighted by Crippen LogP contribution is 2.34. The normalized spacial score (nSPS) is 14.9. The molecule has 1 aliphatic rings. The van der Waals surface area contributed by atoms with E-state index in [9.17, 15) is 8.42 Å². The number of hydrogen-bond acceptors (Lipinski definition) is 2. The van der Waals surface area contributed by atoms with Crippen LogP contribution in [0.2, 0.25) is 0 Å². The second-order valence-corrected chi connectivity index (χ2v) is 8.48. The van der Waals surface area contributed by atoms with Gasteiger partial charge in [0, 0.05) is 15.5 Å². The summed E-state index contributed by atoms with van der Waals surface area (Å²) < 4.78 is 28.8. The van der Waals surface area contributed by atoms with Crippen molar-refractivity contribution in [2.75, 3.05) is 10.8 Å². The fourth-order valence-corrected chi connectivity index (χ4v) is 5.80. The van der Waals surface area contributed by atoms with Crippen LogP contribution in [0.25, 0.3) is 0 Å². The standard InChI is InChI=1S/C15H13Br2NO2S/c16-12-7-8-15(13(17)10-12)21(19,20)18-9-3-5-11-4-1-2-6-14(11)18/h1-2,4,6-8,10H,3,5,9H2. The molecule has 0 aromatic heterocycles. The Labute approximate surface area is 141 Å². The van der Waals surface area contributed by atoms with Gasteiger partial charge in [-0.2, -0.15) is 0 Å². The van der Waals surface area contributed by atoms with E-state index in [0.717, 1.165) is 28.6 Å². The Bertz CT molecular complexity index is 790. The summed E-state index contributed by atoms with van der Waals surface area (Å²) in [5.41, 5.74) is 1.87. The minimum absolute atomic E-state index is 0.294. The maximum absolute atomic E-state index is 13.0. The highest BCUT2D eigenvalue weighted by molar-refractivity contribution is 9.11. The van der Waals surface area contributed by atoms with Crippen molar-refractivity contribution in [2.24, 2.45) is 0 Å². The lowest BCUT2D eigenvalue weighted by atomic mass is 10.0. The molecule has 2 aromatic carbocycles. The Kier molecular flexibility index (Phi) is 4.12. The second-order valence-electron chi connectivity index (χ2n) is 4.88. The fraction of sp³-hybridized carbons (Fsp3) is 0.200. The topological polar surface area (TPSA) is 37.4 Å². The number of hydrogen-bond donors (Lipinski definition) is 0. The Balaban J connectivity index is 2.12. The summed E-state index contributed by atoms with van der Waals surface area (Å²) >= 11 is 6.70. The van der Waals surface area contributed by atoms with E-state index in [1.807, 2.05) is 24.3 Å². The molecular weight excluding hydrogens is 418 g/mol. The summed E-state index contributed by atoms with van der Waals surface area (Å²) in [5, 5.41) is 0. The van der Waals surface area contributed by atoms with Gasteiger partial charge >= 0.3 is 0 Å². The molecule has 0 radical (unpaired) electrons. The van der Waals surface area contributed by atoms with Gasteiger partial charge in [-0.25, -0.2) is 8.42 Å². The lowest BCUT2D eigenvalue weighted by Crippen LogP contribution is -2.35. The van der Waals surface area contributed by atoms with Crippen molar-refractivity contribution >= 4 is 47.6 Å². The molecule has 6 heteroatoms. The average Bonchev–Trinajstić information content (AvgIpc) is 2.46. The summed E-state index contributed by atoms with van der Waals surface area (Å²) in [6.07, 6.45) is 1.76. The average molecular weight is 431 g/mol. The molecule has 3 rings (SSSR count). The SMILES string of the molecule is O=S(=O)(c1ccc(Br)cc1Br)N1CCCc2ccccc21. The Hall–Kier alpha value is -0.850. The first kappa shape index (κ1) is 15.1. The van der Waals surface area contributed by atoms with Gasteiger partial charge in [0.25, 0.3) is 10.0 Å². The van der Waals surface area contributed by atoms with Crippen molar-refractivity contribution in [1.82, 2.24) is 0 Å². The predicted molar refractivity (Wildman–Crippen MR) is 91.1 cm³/mol. The van der Waals surface area contributed by atoms with Crippen LogP contribution in [0.5, 0.6) is 0 Å². The van der Waals surface area contributed by atoms with Crippen LogP contribution in [0.1, 0.15) is 12.0 Å². The van der Waals surface area contributed by atoms with Crippen LogP contribution >= 0.6 is 31.9 Å². The molecule has 110 valence electrons. The number of nitrogens with zero attached hydrogens (tertiary/aromatic N) is 1. The molecular formula is C15H13Br2NO2S. The summed E-state index contributed by atoms with van der Waals surface area (Å²) in [5.74, 6) is 0. The van der Waals surface area contributed by atoms with Crippen LogP contribution in [0.4, 0.5) is 5.69 Å². The quantitative estimate of drug-likeness (QED) is 0.709. The van der Waals surface area contributed by atoms with E-state index in [1.54, 1.807) is 18.2 Å². The number of benzene rings is 2. The predicted octanol–water partition coefficient (Wildman–Crippen LogP) is 4.35. The molecule has 0 saturated carbocycles. The largest absolute Gasteiger partial charge is 0.266 e. The van der Waals surface area contributed by atoms with Crippen LogP contribution < -0.4 is 4.31 Å². The Morgan fingerprint density at radius 3 is 2.57 bits per heavy atom. The highest BCUT2D eigenvalue weighted by Gasteiger charge is 2.30. The minimum Gasteiger partial charge on any atom is -0.266 e. The van der Waals surface area contributed by atoms with Gasteiger partial charge in [0.2, 0.25) is 0 Å². The fourth-order valence-electron chi connectivity index (χ4n) is 2.55. The molecule has 2 aromatic rings. The zero-order chi connectivity index (χ0) is 15.0. The van der Waals surface area contributed by atoms with Gasteiger partial charge in [0.1, 0.15) is 4.90 Å². The van der Waals surface area contributed by atoms with E-state index in [2.05, 4.69) is 31.9 Å². The van der Waals surface area contributed by atoms with Gasteiger partial charge in [0.05, 0.1) is 5.69 Å². The molecule has 0 amide bonds. The molecule has 3 nitrogen and oxygen atoms in total. The van der Waals surface area contributed by atoms with Crippen molar-refractivity contribution in [3.8, 4) is 0 Å². The number of rotatable bonds is 2. The number of aryl methyl sites for hydroxylation is 1. The van der Waals surface area contributed by atoms with Crippen molar-refractivity contribution in [3.05, 3.63) is 57.0 Å². The number of anilines is 1. The first-order chi connectivity index (χ1) is 10.00. The Morgan fingerprint density at radius 1 is 1.05 bits per heavy atom. The zero-order valence-electron chi connectivity index (χ0n) is 11.1. The third kappa shape index (κ3) is 2.76. The number of para-hydroxylation sites is 1. The summed E-state index contributed by atoms with van der Waals surface area (Å²) in [6, 6.07) is 12.8. The van der Waals surface area contributed by atoms with Gasteiger partial charge in [-0.1, -0.05) is 34.1 Å². The van der Waals surface area contributed by atoms with E-state index in [-0.39, 0.29) is 0 Å². The lowest BCUT2D eigenvalue weighted by Gasteiger charge is -2.30. The van der Waals surface area contributed by atoms with E-state index in [4.69, 9.17) is 0 Å². The van der Waals surface area contributed by atoms with Gasteiger partial charge < -0.3 is 0 Å². The third-order valence-electron chi connectivity index (χ3n) is 3.53. The molecule has 0 atom stereocenters. The van der Waals surface area contributed by atoms with E-state index in [1.165, 1.54) is 4.31 Å². The smallest absolute Gasteiger partial charge is 0.265 e. The van der Waals surface area contributed by atoms with Crippen molar-refractivity contribution in [2.45, 2.75) is 17.7 Å². The molecule has 21 heavy (non-hydrogen) atoms. The van der Waals surface area contributed by atoms with Crippen molar-refractivity contribution < 1.29 is 8.42 Å². The molecule has 0 unspecified atom stereocenters. The highest BCUT2D eigenvalue weighted by atomic mass is 79.9. The van der Waals surface area contributed by atoms with Gasteiger partial charge in [0.15, 0.2) is 0 Å². The zero-order valence-corrected chi connectivity index (χ0v) is 15.1. The number of fused-ring (bicyclic) bond motifs is 1. The molecule has 1 heterocycles. The number of halogens is 2. The molecule has 0 fully saturated rings. The molecule has 0 aliphatic carbocycles. The molecule has 0 N–H and O–H groups in total. The Morgan fingerprint density at radius 2 is 1.81 bits per heavy atom. The minimum atomic E-state index is -3.56. The molecule has 0 saturated heterocycles. The van der Waals surface area contributed by atoms with Crippen molar-refractivity contribution in [1.29, 1.82) is 0 Å². The first-order valence-electron chi connectivity index (χ1n) is 6.56. The van der Waals surface area contributed by atoms with E-state index in [0.29, 0.717) is 15.9 Å². The van der Waals surface area contributed by atoms with Gasteiger partial charge in [-0.15, -0.1) is 0 Å². The maximum atomic E-state index is 13.0. The van der Waals surface area contributed by atoms with Crippen molar-refractivity contribution in [3.63, 3.8) is 0 Å². The molecule has 0 spiro atoms. The van der Waals surface area contributed by atoms with Crippen LogP contribution in [-0.4, -0.2) is 15.0 Å². The summed E-state index contributed by atoms with van der Waals surface area (Å²) in [4.78, 5) is 0.294. The van der Waals surface area contributed by atoms with Crippen LogP contribution in [0, 0.1) is 0 Å². The third-order valence-corrected chi connectivity index (χ3v) is 6.81. The van der Waals surface area contributed by atoms with Crippen LogP contribution in [-0.2, 0) is 16.4 Å². The summed E-state index contributed by atoms with van der Waals surface area (Å²) in [7, 11) is -3.56. The summed E-state index contributed by atoms with van der Waals surface area (Å²) in [6.45, 7) is 0.516. The van der Waals surface area contributed by atoms with E-state index < -0.39 is 10.0 Å². The lowest BCUT2D eigenvalue weighted by molar-refractivity contribution is 0.586. The second kappa shape index (κ2) is 5.74. The van der Waals surface area contributed by atoms with Crippen LogP contribution in [0.15, 0.2) is 56.3 Å². The monoisotopic (exact) mass is 429 g/mol. The molecule has 0 bridgehead atoms. The van der Waals surface area contributed by atoms with E-state index >= 15 is 0 Å². The maximum Gasteiger partial charge on any atom is 0.265 e.